The predicted molar refractivity (Wildman–Crippen MR) is 90.0 cm³/mol. The van der Waals surface area contributed by atoms with E-state index in [4.69, 9.17) is 9.47 Å². The average molecular weight is 332 g/mol. The molecule has 130 valence electrons. The van der Waals surface area contributed by atoms with Crippen LogP contribution in [0.3, 0.4) is 0 Å². The van der Waals surface area contributed by atoms with Crippen molar-refractivity contribution in [1.82, 2.24) is 4.90 Å². The molecule has 2 aliphatic heterocycles. The van der Waals surface area contributed by atoms with Crippen molar-refractivity contribution < 1.29 is 19.1 Å². The number of nitrogens with one attached hydrogen (secondary N) is 1. The van der Waals surface area contributed by atoms with Crippen molar-refractivity contribution in [3.8, 4) is 0 Å². The maximum Gasteiger partial charge on any atom is 0.254 e. The molecule has 1 N–H and O–H groups in total. The summed E-state index contributed by atoms with van der Waals surface area (Å²) in [5.74, 6) is -0.191. The number of nitrogens with zero attached hydrogens (tertiary/aromatic N) is 1. The molecule has 6 heteroatoms. The highest BCUT2D eigenvalue weighted by Gasteiger charge is 2.30. The van der Waals surface area contributed by atoms with Crippen LogP contribution >= 0.6 is 0 Å². The van der Waals surface area contributed by atoms with Gasteiger partial charge in [0.1, 0.15) is 6.10 Å². The standard InChI is InChI=1S/C18H24N2O4/c1-18(2)12-20(8-10-24-18)17(22)13-5-3-6-14(11-13)19-16(21)15-7-4-9-23-15/h3,5-6,11,15H,4,7-10,12H2,1-2H3,(H,19,21). The van der Waals surface area contributed by atoms with Crippen LogP contribution in [0, 0.1) is 0 Å². The molecule has 2 heterocycles. The van der Waals surface area contributed by atoms with Crippen molar-refractivity contribution in [1.29, 1.82) is 0 Å². The monoisotopic (exact) mass is 332 g/mol. The summed E-state index contributed by atoms with van der Waals surface area (Å²) >= 11 is 0. The second-order valence-electron chi connectivity index (χ2n) is 6.91. The van der Waals surface area contributed by atoms with Crippen LogP contribution in [0.2, 0.25) is 0 Å². The van der Waals surface area contributed by atoms with Crippen molar-refractivity contribution in [3.05, 3.63) is 29.8 Å². The summed E-state index contributed by atoms with van der Waals surface area (Å²) in [6.45, 7) is 6.25. The zero-order valence-corrected chi connectivity index (χ0v) is 14.2. The van der Waals surface area contributed by atoms with Crippen LogP contribution in [-0.4, -0.2) is 54.7 Å². The van der Waals surface area contributed by atoms with Crippen LogP contribution in [0.4, 0.5) is 5.69 Å². The van der Waals surface area contributed by atoms with Gasteiger partial charge in [-0.05, 0) is 44.9 Å². The Kier molecular flexibility index (Phi) is 4.87. The Morgan fingerprint density at radius 3 is 2.83 bits per heavy atom. The van der Waals surface area contributed by atoms with Crippen molar-refractivity contribution in [3.63, 3.8) is 0 Å². The van der Waals surface area contributed by atoms with Gasteiger partial charge in [0.15, 0.2) is 0 Å². The molecular weight excluding hydrogens is 308 g/mol. The molecule has 1 aromatic rings. The Hall–Kier alpha value is -1.92. The summed E-state index contributed by atoms with van der Waals surface area (Å²) in [7, 11) is 0. The van der Waals surface area contributed by atoms with Crippen LogP contribution in [0.25, 0.3) is 0 Å². The third-order valence-corrected chi connectivity index (χ3v) is 4.31. The molecule has 24 heavy (non-hydrogen) atoms. The predicted octanol–water partition coefficient (Wildman–Crippen LogP) is 2.06. The highest BCUT2D eigenvalue weighted by atomic mass is 16.5. The summed E-state index contributed by atoms with van der Waals surface area (Å²) < 4.78 is 11.0. The number of benzene rings is 1. The minimum atomic E-state index is -0.385. The lowest BCUT2D eigenvalue weighted by Gasteiger charge is -2.38. The van der Waals surface area contributed by atoms with Crippen molar-refractivity contribution in [2.24, 2.45) is 0 Å². The molecule has 0 aliphatic carbocycles. The van der Waals surface area contributed by atoms with Gasteiger partial charge in [-0.1, -0.05) is 6.07 Å². The third-order valence-electron chi connectivity index (χ3n) is 4.31. The lowest BCUT2D eigenvalue weighted by molar-refractivity contribution is -0.124. The summed E-state index contributed by atoms with van der Waals surface area (Å²) in [4.78, 5) is 26.6. The fraction of sp³-hybridized carbons (Fsp3) is 0.556. The normalized spacial score (nSPS) is 23.1. The molecule has 0 spiro atoms. The number of hydrogen-bond acceptors (Lipinski definition) is 4. The molecule has 2 fully saturated rings. The Balaban J connectivity index is 1.68. The van der Waals surface area contributed by atoms with Gasteiger partial charge in [-0.2, -0.15) is 0 Å². The van der Waals surface area contributed by atoms with Gasteiger partial charge in [0.05, 0.1) is 12.2 Å². The Labute approximate surface area is 142 Å². The van der Waals surface area contributed by atoms with Gasteiger partial charge < -0.3 is 19.7 Å². The average Bonchev–Trinajstić information content (AvgIpc) is 3.08. The van der Waals surface area contributed by atoms with E-state index in [1.807, 2.05) is 13.8 Å². The number of carbonyl (C=O) groups is 2. The quantitative estimate of drug-likeness (QED) is 0.920. The fourth-order valence-corrected chi connectivity index (χ4v) is 3.11. The summed E-state index contributed by atoms with van der Waals surface area (Å²) in [6.07, 6.45) is 1.26. The van der Waals surface area contributed by atoms with E-state index < -0.39 is 0 Å². The molecule has 2 amide bonds. The second kappa shape index (κ2) is 6.91. The molecule has 1 unspecified atom stereocenters. The third kappa shape index (κ3) is 3.94. The highest BCUT2D eigenvalue weighted by Crippen LogP contribution is 2.20. The number of rotatable bonds is 3. The van der Waals surface area contributed by atoms with E-state index >= 15 is 0 Å². The number of anilines is 1. The van der Waals surface area contributed by atoms with Gasteiger partial charge in [-0.3, -0.25) is 9.59 Å². The van der Waals surface area contributed by atoms with Gasteiger partial charge in [-0.25, -0.2) is 0 Å². The smallest absolute Gasteiger partial charge is 0.254 e. The van der Waals surface area contributed by atoms with Gasteiger partial charge in [0.2, 0.25) is 0 Å². The van der Waals surface area contributed by atoms with Crippen molar-refractivity contribution >= 4 is 17.5 Å². The first-order valence-corrected chi connectivity index (χ1v) is 8.40. The van der Waals surface area contributed by atoms with E-state index in [0.717, 1.165) is 12.8 Å². The molecule has 6 nitrogen and oxygen atoms in total. The molecular formula is C18H24N2O4. The Bertz CT molecular complexity index is 623. The van der Waals surface area contributed by atoms with Gasteiger partial charge in [0.25, 0.3) is 11.8 Å². The lowest BCUT2D eigenvalue weighted by atomic mass is 10.1. The van der Waals surface area contributed by atoms with E-state index in [2.05, 4.69) is 5.32 Å². The first kappa shape index (κ1) is 16.9. The Morgan fingerprint density at radius 1 is 1.29 bits per heavy atom. The Morgan fingerprint density at radius 2 is 2.12 bits per heavy atom. The van der Waals surface area contributed by atoms with E-state index in [1.54, 1.807) is 29.2 Å². The van der Waals surface area contributed by atoms with Crippen molar-refractivity contribution in [2.45, 2.75) is 38.4 Å². The van der Waals surface area contributed by atoms with E-state index in [9.17, 15) is 9.59 Å². The minimum Gasteiger partial charge on any atom is -0.372 e. The number of carbonyl (C=O) groups excluding carboxylic acids is 2. The summed E-state index contributed by atoms with van der Waals surface area (Å²) in [6, 6.07) is 7.06. The molecule has 0 radical (unpaired) electrons. The number of hydrogen-bond donors (Lipinski definition) is 1. The zero-order valence-electron chi connectivity index (χ0n) is 14.2. The van der Waals surface area contributed by atoms with Crippen LogP contribution < -0.4 is 5.32 Å². The summed E-state index contributed by atoms with van der Waals surface area (Å²) in [5, 5.41) is 2.84. The molecule has 2 aliphatic rings. The van der Waals surface area contributed by atoms with Crippen LogP contribution in [0.5, 0.6) is 0 Å². The van der Waals surface area contributed by atoms with E-state index in [0.29, 0.717) is 37.6 Å². The first-order chi connectivity index (χ1) is 11.4. The number of morpholine rings is 1. The largest absolute Gasteiger partial charge is 0.372 e. The zero-order chi connectivity index (χ0) is 17.2. The minimum absolute atomic E-state index is 0.0420. The SMILES string of the molecule is CC1(C)CN(C(=O)c2cccc(NC(=O)C3CCCO3)c2)CCO1. The maximum atomic E-state index is 12.7. The van der Waals surface area contributed by atoms with E-state index in [-0.39, 0.29) is 23.5 Å². The topological polar surface area (TPSA) is 67.9 Å². The van der Waals surface area contributed by atoms with Crippen molar-refractivity contribution in [2.75, 3.05) is 31.6 Å². The maximum absolute atomic E-state index is 12.7. The highest BCUT2D eigenvalue weighted by molar-refractivity contribution is 5.98. The molecule has 0 saturated carbocycles. The summed E-state index contributed by atoms with van der Waals surface area (Å²) in [5.41, 5.74) is 0.853. The fourth-order valence-electron chi connectivity index (χ4n) is 3.11. The lowest BCUT2D eigenvalue weighted by Crippen LogP contribution is -2.50. The molecule has 1 aromatic carbocycles. The molecule has 3 rings (SSSR count). The van der Waals surface area contributed by atoms with Crippen LogP contribution in [-0.2, 0) is 14.3 Å². The van der Waals surface area contributed by atoms with E-state index in [1.165, 1.54) is 0 Å². The number of ether oxygens (including phenoxy) is 2. The van der Waals surface area contributed by atoms with Gasteiger partial charge >= 0.3 is 0 Å². The molecule has 0 bridgehead atoms. The van der Waals surface area contributed by atoms with Gasteiger partial charge in [-0.15, -0.1) is 0 Å². The van der Waals surface area contributed by atoms with Gasteiger partial charge in [0, 0.05) is 30.9 Å². The van der Waals surface area contributed by atoms with Crippen LogP contribution in [0.1, 0.15) is 37.0 Å². The first-order valence-electron chi connectivity index (χ1n) is 8.40. The van der Waals surface area contributed by atoms with Crippen LogP contribution in [0.15, 0.2) is 24.3 Å². The second-order valence-corrected chi connectivity index (χ2v) is 6.91. The molecule has 2 saturated heterocycles. The number of amides is 2. The molecule has 1 atom stereocenters. The molecule has 0 aromatic heterocycles.